The SMILES string of the molecule is Cc1nc2cc(C(=O)N(C)C)cc(O[C@@H]3c4ccccc4C[C@H]3O)c2n1C. The fourth-order valence-corrected chi connectivity index (χ4v) is 3.71. The summed E-state index contributed by atoms with van der Waals surface area (Å²) >= 11 is 0. The smallest absolute Gasteiger partial charge is 0.253 e. The lowest BCUT2D eigenvalue weighted by Gasteiger charge is -2.20. The summed E-state index contributed by atoms with van der Waals surface area (Å²) in [4.78, 5) is 18.6. The third-order valence-electron chi connectivity index (χ3n) is 5.21. The van der Waals surface area contributed by atoms with E-state index in [2.05, 4.69) is 4.98 Å². The number of amides is 1. The third kappa shape index (κ3) is 2.86. The van der Waals surface area contributed by atoms with Gasteiger partial charge in [0.05, 0.1) is 11.6 Å². The number of hydrogen-bond donors (Lipinski definition) is 1. The van der Waals surface area contributed by atoms with Crippen LogP contribution in [0, 0.1) is 6.92 Å². The molecule has 140 valence electrons. The predicted molar refractivity (Wildman–Crippen MR) is 103 cm³/mol. The number of nitrogens with zero attached hydrogens (tertiary/aromatic N) is 3. The molecule has 0 saturated carbocycles. The minimum atomic E-state index is -0.625. The lowest BCUT2D eigenvalue weighted by Crippen LogP contribution is -2.22. The Morgan fingerprint density at radius 2 is 2.04 bits per heavy atom. The number of carbonyl (C=O) groups excluding carboxylic acids is 1. The number of carbonyl (C=O) groups is 1. The number of benzene rings is 2. The van der Waals surface area contributed by atoms with Crippen LogP contribution in [0.4, 0.5) is 0 Å². The topological polar surface area (TPSA) is 67.6 Å². The zero-order valence-electron chi connectivity index (χ0n) is 15.9. The van der Waals surface area contributed by atoms with Gasteiger partial charge in [0.25, 0.3) is 5.91 Å². The second kappa shape index (κ2) is 6.39. The van der Waals surface area contributed by atoms with Crippen LogP contribution in [0.5, 0.6) is 5.75 Å². The number of hydrogen-bond acceptors (Lipinski definition) is 4. The normalized spacial score (nSPS) is 18.6. The highest BCUT2D eigenvalue weighted by Gasteiger charge is 2.33. The molecule has 1 N–H and O–H groups in total. The van der Waals surface area contributed by atoms with Gasteiger partial charge in [0.1, 0.15) is 17.1 Å². The lowest BCUT2D eigenvalue weighted by molar-refractivity contribution is 0.0502. The molecule has 2 aromatic carbocycles. The van der Waals surface area contributed by atoms with Crippen LogP contribution in [0.3, 0.4) is 0 Å². The Labute approximate surface area is 158 Å². The van der Waals surface area contributed by atoms with Crippen molar-refractivity contribution in [2.75, 3.05) is 14.1 Å². The molecule has 3 aromatic rings. The van der Waals surface area contributed by atoms with E-state index in [1.807, 2.05) is 42.8 Å². The maximum Gasteiger partial charge on any atom is 0.253 e. The van der Waals surface area contributed by atoms with Gasteiger partial charge in [-0.05, 0) is 30.2 Å². The highest BCUT2D eigenvalue weighted by Crippen LogP contribution is 2.38. The first kappa shape index (κ1) is 17.5. The summed E-state index contributed by atoms with van der Waals surface area (Å²) in [5, 5.41) is 10.6. The summed E-state index contributed by atoms with van der Waals surface area (Å²) in [6.45, 7) is 1.91. The minimum Gasteiger partial charge on any atom is -0.481 e. The fourth-order valence-electron chi connectivity index (χ4n) is 3.71. The Kier molecular flexibility index (Phi) is 4.15. The molecule has 0 fully saturated rings. The Hall–Kier alpha value is -2.86. The van der Waals surface area contributed by atoms with Gasteiger partial charge in [0.2, 0.25) is 0 Å². The Morgan fingerprint density at radius 1 is 1.30 bits per heavy atom. The van der Waals surface area contributed by atoms with Gasteiger partial charge in [-0.1, -0.05) is 24.3 Å². The van der Waals surface area contributed by atoms with Crippen LogP contribution in [-0.4, -0.2) is 45.7 Å². The van der Waals surface area contributed by atoms with Crippen molar-refractivity contribution in [2.45, 2.75) is 25.6 Å². The quantitative estimate of drug-likeness (QED) is 0.775. The van der Waals surface area contributed by atoms with Gasteiger partial charge in [-0.25, -0.2) is 4.98 Å². The maximum atomic E-state index is 12.5. The van der Waals surface area contributed by atoms with Gasteiger partial charge in [-0.15, -0.1) is 0 Å². The van der Waals surface area contributed by atoms with Gasteiger partial charge >= 0.3 is 0 Å². The summed E-state index contributed by atoms with van der Waals surface area (Å²) in [6.07, 6.45) is -0.533. The highest BCUT2D eigenvalue weighted by molar-refractivity contribution is 5.99. The van der Waals surface area contributed by atoms with Crippen molar-refractivity contribution in [1.29, 1.82) is 0 Å². The van der Waals surface area contributed by atoms with E-state index < -0.39 is 12.2 Å². The zero-order valence-corrected chi connectivity index (χ0v) is 15.9. The molecule has 2 atom stereocenters. The summed E-state index contributed by atoms with van der Waals surface area (Å²) in [5.74, 6) is 1.27. The molecule has 1 heterocycles. The number of aliphatic hydroxyl groups is 1. The molecule has 0 bridgehead atoms. The summed E-state index contributed by atoms with van der Waals surface area (Å²) in [7, 11) is 5.35. The number of aryl methyl sites for hydroxylation is 2. The molecule has 27 heavy (non-hydrogen) atoms. The van der Waals surface area contributed by atoms with Crippen molar-refractivity contribution in [3.63, 3.8) is 0 Å². The van der Waals surface area contributed by atoms with Crippen LogP contribution in [0.25, 0.3) is 11.0 Å². The van der Waals surface area contributed by atoms with Crippen molar-refractivity contribution < 1.29 is 14.6 Å². The van der Waals surface area contributed by atoms with Crippen molar-refractivity contribution in [2.24, 2.45) is 7.05 Å². The second-order valence-corrected chi connectivity index (χ2v) is 7.27. The van der Waals surface area contributed by atoms with E-state index in [-0.39, 0.29) is 5.91 Å². The Balaban J connectivity index is 1.84. The highest BCUT2D eigenvalue weighted by atomic mass is 16.5. The molecule has 4 rings (SSSR count). The van der Waals surface area contributed by atoms with Gasteiger partial charge in [0.15, 0.2) is 6.10 Å². The first-order chi connectivity index (χ1) is 12.9. The number of fused-ring (bicyclic) bond motifs is 2. The van der Waals surface area contributed by atoms with Crippen LogP contribution in [-0.2, 0) is 13.5 Å². The predicted octanol–water partition coefficient (Wildman–Crippen LogP) is 2.62. The standard InChI is InChI=1S/C21H23N3O3/c1-12-22-16-9-14(21(26)23(2)3)11-18(19(16)24(12)4)27-20-15-8-6-5-7-13(15)10-17(20)25/h5-9,11,17,20,25H,10H2,1-4H3/t17-,20-/m1/s1. The molecule has 0 aliphatic heterocycles. The fraction of sp³-hybridized carbons (Fsp3) is 0.333. The molecule has 1 amide bonds. The van der Waals surface area contributed by atoms with Gasteiger partial charge in [0, 0.05) is 33.1 Å². The van der Waals surface area contributed by atoms with E-state index in [0.29, 0.717) is 23.3 Å². The molecule has 1 aliphatic carbocycles. The Morgan fingerprint density at radius 3 is 2.78 bits per heavy atom. The lowest BCUT2D eigenvalue weighted by atomic mass is 10.1. The molecule has 6 heteroatoms. The van der Waals surface area contributed by atoms with Crippen LogP contribution in [0.15, 0.2) is 36.4 Å². The van der Waals surface area contributed by atoms with E-state index >= 15 is 0 Å². The molecule has 6 nitrogen and oxygen atoms in total. The van der Waals surface area contributed by atoms with E-state index in [0.717, 1.165) is 22.5 Å². The molecular weight excluding hydrogens is 342 g/mol. The van der Waals surface area contributed by atoms with Crippen LogP contribution < -0.4 is 4.74 Å². The molecule has 0 spiro atoms. The van der Waals surface area contributed by atoms with Crippen LogP contribution >= 0.6 is 0 Å². The van der Waals surface area contributed by atoms with E-state index in [1.165, 1.54) is 4.90 Å². The summed E-state index contributed by atoms with van der Waals surface area (Å²) < 4.78 is 8.26. The van der Waals surface area contributed by atoms with Crippen LogP contribution in [0.2, 0.25) is 0 Å². The van der Waals surface area contributed by atoms with E-state index in [1.54, 1.807) is 26.2 Å². The monoisotopic (exact) mass is 365 g/mol. The minimum absolute atomic E-state index is 0.113. The van der Waals surface area contributed by atoms with E-state index in [4.69, 9.17) is 4.74 Å². The first-order valence-corrected chi connectivity index (χ1v) is 8.98. The largest absolute Gasteiger partial charge is 0.481 e. The molecule has 0 radical (unpaired) electrons. The summed E-state index contributed by atoms with van der Waals surface area (Å²) in [6, 6.07) is 11.4. The zero-order chi connectivity index (χ0) is 19.3. The first-order valence-electron chi connectivity index (χ1n) is 8.98. The van der Waals surface area contributed by atoms with Crippen molar-refractivity contribution in [3.05, 3.63) is 58.9 Å². The number of aliphatic hydroxyl groups excluding tert-OH is 1. The number of ether oxygens (including phenoxy) is 1. The van der Waals surface area contributed by atoms with Gasteiger partial charge < -0.3 is 19.3 Å². The third-order valence-corrected chi connectivity index (χ3v) is 5.21. The number of aromatic nitrogens is 2. The van der Waals surface area contributed by atoms with Gasteiger partial charge in [-0.3, -0.25) is 4.79 Å². The van der Waals surface area contributed by atoms with E-state index in [9.17, 15) is 9.90 Å². The number of rotatable bonds is 3. The average Bonchev–Trinajstić information content (AvgIpc) is 3.10. The van der Waals surface area contributed by atoms with Crippen molar-refractivity contribution in [1.82, 2.24) is 14.5 Å². The summed E-state index contributed by atoms with van der Waals surface area (Å²) in [5.41, 5.74) is 4.12. The van der Waals surface area contributed by atoms with Crippen LogP contribution in [0.1, 0.15) is 33.4 Å². The second-order valence-electron chi connectivity index (χ2n) is 7.27. The molecule has 1 aromatic heterocycles. The molecule has 1 aliphatic rings. The average molecular weight is 365 g/mol. The molecule has 0 unspecified atom stereocenters. The number of imidazole rings is 1. The Bertz CT molecular complexity index is 1040. The maximum absolute atomic E-state index is 12.5. The molecule has 0 saturated heterocycles. The molecular formula is C21H23N3O3. The van der Waals surface area contributed by atoms with Crippen molar-refractivity contribution >= 4 is 16.9 Å². The van der Waals surface area contributed by atoms with Crippen molar-refractivity contribution in [3.8, 4) is 5.75 Å². The van der Waals surface area contributed by atoms with Gasteiger partial charge in [-0.2, -0.15) is 0 Å².